The first-order valence-electron chi connectivity index (χ1n) is 8.29. The summed E-state index contributed by atoms with van der Waals surface area (Å²) in [6.45, 7) is 6.83. The highest BCUT2D eigenvalue weighted by Gasteiger charge is 2.24. The topological polar surface area (TPSA) is 44.6 Å². The van der Waals surface area contributed by atoms with Gasteiger partial charge in [-0.15, -0.1) is 0 Å². The summed E-state index contributed by atoms with van der Waals surface area (Å²) in [5, 5.41) is 3.23. The summed E-state index contributed by atoms with van der Waals surface area (Å²) >= 11 is 3.73. The van der Waals surface area contributed by atoms with Gasteiger partial charge in [0.05, 0.1) is 21.3 Å². The molecule has 25 heavy (non-hydrogen) atoms. The lowest BCUT2D eigenvalue weighted by molar-refractivity contribution is 0.325. The van der Waals surface area contributed by atoms with Crippen LogP contribution in [0.4, 0.5) is 0 Å². The lowest BCUT2D eigenvalue weighted by Crippen LogP contribution is -2.11. The monoisotopic (exact) mass is 412 g/mol. The van der Waals surface area contributed by atoms with Gasteiger partial charge in [-0.05, 0) is 42.0 Å². The molecule has 0 unspecified atom stereocenters. The molecule has 0 spiro atoms. The fourth-order valence-electron chi connectivity index (χ4n) is 2.77. The van der Waals surface area contributed by atoms with E-state index in [9.17, 15) is 0 Å². The van der Waals surface area contributed by atoms with E-state index in [0.29, 0.717) is 17.2 Å². The summed E-state index contributed by atoms with van der Waals surface area (Å²) < 4.78 is 19.8. The van der Waals surface area contributed by atoms with Gasteiger partial charge in [0.2, 0.25) is 5.75 Å². The van der Waals surface area contributed by atoms with Crippen LogP contribution >= 0.6 is 15.9 Å². The van der Waals surface area contributed by atoms with Crippen LogP contribution in [-0.2, 0) is 13.6 Å². The third-order valence-electron chi connectivity index (χ3n) is 4.05. The van der Waals surface area contributed by atoms with Crippen molar-refractivity contribution in [2.75, 3.05) is 28.4 Å². The van der Waals surface area contributed by atoms with Crippen LogP contribution in [0.15, 0.2) is 16.6 Å². The van der Waals surface area contributed by atoms with Gasteiger partial charge < -0.3 is 24.1 Å². The lowest BCUT2D eigenvalue weighted by atomic mass is 10.0. The SMILES string of the molecule is CC.CNCc1c(-c2ccc(OC)c(OC)c2OC)c(Br)c(C)n1C. The molecular weight excluding hydrogens is 384 g/mol. The Morgan fingerprint density at radius 2 is 1.64 bits per heavy atom. The number of nitrogens with zero attached hydrogens (tertiary/aromatic N) is 1. The van der Waals surface area contributed by atoms with E-state index in [0.717, 1.165) is 27.8 Å². The van der Waals surface area contributed by atoms with Crippen LogP contribution in [0.1, 0.15) is 25.2 Å². The second-order valence-electron chi connectivity index (χ2n) is 5.19. The number of benzene rings is 1. The number of rotatable bonds is 6. The van der Waals surface area contributed by atoms with Crippen LogP contribution in [0.25, 0.3) is 11.1 Å². The highest BCUT2D eigenvalue weighted by atomic mass is 79.9. The molecule has 0 saturated carbocycles. The second kappa shape index (κ2) is 9.73. The molecule has 1 N–H and O–H groups in total. The minimum atomic E-state index is 0.594. The van der Waals surface area contributed by atoms with Gasteiger partial charge >= 0.3 is 0 Å². The predicted molar refractivity (Wildman–Crippen MR) is 107 cm³/mol. The van der Waals surface area contributed by atoms with Gasteiger partial charge in [0.25, 0.3) is 0 Å². The fraction of sp³-hybridized carbons (Fsp3) is 0.474. The molecule has 140 valence electrons. The Kier molecular flexibility index (Phi) is 8.32. The quantitative estimate of drug-likeness (QED) is 0.756. The Hall–Kier alpha value is -1.66. The molecular formula is C19H29BrN2O3. The molecule has 0 saturated heterocycles. The van der Waals surface area contributed by atoms with Crippen LogP contribution in [0.2, 0.25) is 0 Å². The molecule has 0 aliphatic heterocycles. The standard InChI is InChI=1S/C17H23BrN2O3.C2H6/c1-10-15(18)14(12(9-19-2)20(10)3)11-7-8-13(21-4)17(23-6)16(11)22-5;1-2/h7-8,19H,9H2,1-6H3;1-2H3. The number of halogens is 1. The molecule has 0 radical (unpaired) electrons. The molecule has 2 aromatic rings. The molecule has 0 aliphatic rings. The lowest BCUT2D eigenvalue weighted by Gasteiger charge is -2.17. The molecule has 0 atom stereocenters. The summed E-state index contributed by atoms with van der Waals surface area (Å²) in [5.74, 6) is 1.90. The van der Waals surface area contributed by atoms with Gasteiger partial charge in [-0.1, -0.05) is 13.8 Å². The van der Waals surface area contributed by atoms with Gasteiger partial charge in [0.15, 0.2) is 11.5 Å². The fourth-order valence-corrected chi connectivity index (χ4v) is 3.48. The molecule has 0 fully saturated rings. The number of hydrogen-bond donors (Lipinski definition) is 1. The summed E-state index contributed by atoms with van der Waals surface area (Å²) in [6, 6.07) is 3.90. The summed E-state index contributed by atoms with van der Waals surface area (Å²) in [6.07, 6.45) is 0. The molecule has 6 heteroatoms. The van der Waals surface area contributed by atoms with E-state index in [4.69, 9.17) is 14.2 Å². The number of nitrogens with one attached hydrogen (secondary N) is 1. The molecule has 0 bridgehead atoms. The Morgan fingerprint density at radius 1 is 1.04 bits per heavy atom. The van der Waals surface area contributed by atoms with E-state index >= 15 is 0 Å². The first kappa shape index (κ1) is 21.4. The molecule has 0 aliphatic carbocycles. The summed E-state index contributed by atoms with van der Waals surface area (Å²) in [4.78, 5) is 0. The van der Waals surface area contributed by atoms with Crippen molar-refractivity contribution in [1.82, 2.24) is 9.88 Å². The third kappa shape index (κ3) is 3.96. The molecule has 1 heterocycles. The zero-order chi connectivity index (χ0) is 19.1. The van der Waals surface area contributed by atoms with Crippen LogP contribution < -0.4 is 19.5 Å². The molecule has 1 aromatic heterocycles. The van der Waals surface area contributed by atoms with Crippen LogP contribution in [0.3, 0.4) is 0 Å². The minimum absolute atomic E-state index is 0.594. The minimum Gasteiger partial charge on any atom is -0.493 e. The van der Waals surface area contributed by atoms with Crippen molar-refractivity contribution in [3.05, 3.63) is 28.0 Å². The van der Waals surface area contributed by atoms with Gasteiger partial charge in [-0.2, -0.15) is 0 Å². The predicted octanol–water partition coefficient (Wildman–Crippen LogP) is 4.53. The maximum Gasteiger partial charge on any atom is 0.203 e. The maximum atomic E-state index is 5.65. The average molecular weight is 413 g/mol. The summed E-state index contributed by atoms with van der Waals surface area (Å²) in [5.41, 5.74) is 4.38. The van der Waals surface area contributed by atoms with E-state index in [2.05, 4.69) is 39.8 Å². The zero-order valence-corrected chi connectivity index (χ0v) is 18.0. The van der Waals surface area contributed by atoms with E-state index < -0.39 is 0 Å². The maximum absolute atomic E-state index is 5.65. The van der Waals surface area contributed by atoms with Crippen molar-refractivity contribution in [3.63, 3.8) is 0 Å². The number of hydrogen-bond acceptors (Lipinski definition) is 4. The smallest absolute Gasteiger partial charge is 0.203 e. The van der Waals surface area contributed by atoms with Gasteiger partial charge in [0, 0.05) is 40.6 Å². The van der Waals surface area contributed by atoms with Crippen molar-refractivity contribution < 1.29 is 14.2 Å². The van der Waals surface area contributed by atoms with Gasteiger partial charge in [-0.3, -0.25) is 0 Å². The average Bonchev–Trinajstić information content (AvgIpc) is 2.86. The van der Waals surface area contributed by atoms with Gasteiger partial charge in [0.1, 0.15) is 0 Å². The first-order chi connectivity index (χ1) is 12.0. The van der Waals surface area contributed by atoms with Crippen molar-refractivity contribution >= 4 is 15.9 Å². The Morgan fingerprint density at radius 3 is 2.12 bits per heavy atom. The first-order valence-corrected chi connectivity index (χ1v) is 9.08. The zero-order valence-electron chi connectivity index (χ0n) is 16.4. The molecule has 0 amide bonds. The second-order valence-corrected chi connectivity index (χ2v) is 5.99. The third-order valence-corrected chi connectivity index (χ3v) is 5.02. The van der Waals surface area contributed by atoms with E-state index in [1.54, 1.807) is 21.3 Å². The van der Waals surface area contributed by atoms with Crippen LogP contribution in [0, 0.1) is 6.92 Å². The Bertz CT molecular complexity index is 711. The van der Waals surface area contributed by atoms with Crippen molar-refractivity contribution in [1.29, 1.82) is 0 Å². The van der Waals surface area contributed by atoms with Crippen LogP contribution in [-0.4, -0.2) is 32.9 Å². The van der Waals surface area contributed by atoms with Crippen LogP contribution in [0.5, 0.6) is 17.2 Å². The van der Waals surface area contributed by atoms with E-state index in [-0.39, 0.29) is 0 Å². The summed E-state index contributed by atoms with van der Waals surface area (Å²) in [7, 11) is 8.87. The normalized spacial score (nSPS) is 10.1. The highest BCUT2D eigenvalue weighted by Crippen LogP contribution is 2.48. The number of methoxy groups -OCH3 is 3. The van der Waals surface area contributed by atoms with E-state index in [1.807, 2.05) is 33.0 Å². The van der Waals surface area contributed by atoms with Crippen molar-refractivity contribution in [2.45, 2.75) is 27.3 Å². The van der Waals surface area contributed by atoms with Gasteiger partial charge in [-0.25, -0.2) is 0 Å². The largest absolute Gasteiger partial charge is 0.493 e. The Balaban J connectivity index is 0.00000151. The molecule has 2 rings (SSSR count). The Labute approximate surface area is 159 Å². The molecule has 1 aromatic carbocycles. The highest BCUT2D eigenvalue weighted by molar-refractivity contribution is 9.10. The van der Waals surface area contributed by atoms with Crippen molar-refractivity contribution in [3.8, 4) is 28.4 Å². The number of aromatic nitrogens is 1. The number of ether oxygens (including phenoxy) is 3. The van der Waals surface area contributed by atoms with E-state index in [1.165, 1.54) is 5.69 Å². The van der Waals surface area contributed by atoms with Crippen molar-refractivity contribution in [2.24, 2.45) is 7.05 Å². The molecule has 5 nitrogen and oxygen atoms in total.